The van der Waals surface area contributed by atoms with E-state index in [4.69, 9.17) is 4.74 Å². The highest BCUT2D eigenvalue weighted by Crippen LogP contribution is 2.38. The molecular formula is C20H20N2O3. The first kappa shape index (κ1) is 15.7. The molecular weight excluding hydrogens is 316 g/mol. The summed E-state index contributed by atoms with van der Waals surface area (Å²) in [6, 6.07) is 17.1. The molecule has 1 aliphatic carbocycles. The predicted molar refractivity (Wildman–Crippen MR) is 94.2 cm³/mol. The molecule has 1 heterocycles. The summed E-state index contributed by atoms with van der Waals surface area (Å²) in [5, 5.41) is 2.90. The number of para-hydroxylation sites is 2. The summed E-state index contributed by atoms with van der Waals surface area (Å²) in [4.78, 5) is 26.9. The Hall–Kier alpha value is -2.82. The first-order valence-electron chi connectivity index (χ1n) is 8.61. The molecule has 25 heavy (non-hydrogen) atoms. The SMILES string of the molecule is O=C(NCc1ccccc1)C1CN(C(=O)C2CC2)c2ccccc2O1. The number of hydrogen-bond donors (Lipinski definition) is 1. The summed E-state index contributed by atoms with van der Waals surface area (Å²) in [6.45, 7) is 0.699. The van der Waals surface area contributed by atoms with E-state index in [2.05, 4.69) is 5.32 Å². The lowest BCUT2D eigenvalue weighted by Gasteiger charge is -2.34. The Morgan fingerprint density at radius 1 is 1.04 bits per heavy atom. The van der Waals surface area contributed by atoms with Crippen molar-refractivity contribution in [2.75, 3.05) is 11.4 Å². The van der Waals surface area contributed by atoms with Crippen LogP contribution in [-0.2, 0) is 16.1 Å². The van der Waals surface area contributed by atoms with Crippen molar-refractivity contribution in [3.63, 3.8) is 0 Å². The molecule has 0 spiro atoms. The zero-order valence-electron chi connectivity index (χ0n) is 13.9. The minimum Gasteiger partial charge on any atom is -0.477 e. The van der Waals surface area contributed by atoms with Crippen molar-refractivity contribution in [2.24, 2.45) is 5.92 Å². The molecule has 0 saturated heterocycles. The van der Waals surface area contributed by atoms with Gasteiger partial charge >= 0.3 is 0 Å². The van der Waals surface area contributed by atoms with Gasteiger partial charge in [0.2, 0.25) is 5.91 Å². The molecule has 4 rings (SSSR count). The van der Waals surface area contributed by atoms with Gasteiger partial charge in [0.15, 0.2) is 6.10 Å². The van der Waals surface area contributed by atoms with Crippen molar-refractivity contribution in [3.05, 3.63) is 60.2 Å². The van der Waals surface area contributed by atoms with Crippen LogP contribution in [0.25, 0.3) is 0 Å². The molecule has 2 aliphatic rings. The van der Waals surface area contributed by atoms with Crippen LogP contribution < -0.4 is 15.0 Å². The fourth-order valence-corrected chi connectivity index (χ4v) is 3.03. The molecule has 1 unspecified atom stereocenters. The number of rotatable bonds is 4. The largest absolute Gasteiger partial charge is 0.477 e. The highest BCUT2D eigenvalue weighted by molar-refractivity contribution is 5.99. The summed E-state index contributed by atoms with van der Waals surface area (Å²) in [5.74, 6) is 0.574. The predicted octanol–water partition coefficient (Wildman–Crippen LogP) is 2.51. The van der Waals surface area contributed by atoms with E-state index in [1.54, 1.807) is 11.0 Å². The van der Waals surface area contributed by atoms with Gasteiger partial charge in [-0.15, -0.1) is 0 Å². The van der Waals surface area contributed by atoms with Crippen molar-refractivity contribution in [2.45, 2.75) is 25.5 Å². The summed E-state index contributed by atoms with van der Waals surface area (Å²) < 4.78 is 5.86. The zero-order chi connectivity index (χ0) is 17.2. The van der Waals surface area contributed by atoms with Gasteiger partial charge in [-0.3, -0.25) is 9.59 Å². The summed E-state index contributed by atoms with van der Waals surface area (Å²) in [6.07, 6.45) is 1.17. The Morgan fingerprint density at radius 2 is 1.76 bits per heavy atom. The third-order valence-corrected chi connectivity index (χ3v) is 4.57. The summed E-state index contributed by atoms with van der Waals surface area (Å²) in [7, 11) is 0. The standard InChI is InChI=1S/C20H20N2O3/c23-19(21-12-14-6-2-1-3-7-14)18-13-22(20(24)15-10-11-15)16-8-4-5-9-17(16)25-18/h1-9,15,18H,10-13H2,(H,21,23). The van der Waals surface area contributed by atoms with E-state index in [9.17, 15) is 9.59 Å². The Labute approximate surface area is 146 Å². The third kappa shape index (κ3) is 3.36. The number of carbonyl (C=O) groups excluding carboxylic acids is 2. The number of carbonyl (C=O) groups is 2. The number of amides is 2. The van der Waals surface area contributed by atoms with Crippen LogP contribution in [0.2, 0.25) is 0 Å². The molecule has 1 saturated carbocycles. The van der Waals surface area contributed by atoms with Crippen LogP contribution in [-0.4, -0.2) is 24.5 Å². The number of hydrogen-bond acceptors (Lipinski definition) is 3. The van der Waals surface area contributed by atoms with Crippen molar-refractivity contribution in [3.8, 4) is 5.75 Å². The topological polar surface area (TPSA) is 58.6 Å². The average molecular weight is 336 g/mol. The maximum Gasteiger partial charge on any atom is 0.263 e. The second kappa shape index (κ2) is 6.59. The molecule has 128 valence electrons. The van der Waals surface area contributed by atoms with Gasteiger partial charge in [0.1, 0.15) is 5.75 Å². The molecule has 5 heteroatoms. The number of nitrogens with zero attached hydrogens (tertiary/aromatic N) is 1. The molecule has 0 aromatic heterocycles. The van der Waals surface area contributed by atoms with E-state index in [1.165, 1.54) is 0 Å². The van der Waals surface area contributed by atoms with E-state index in [1.807, 2.05) is 48.5 Å². The number of anilines is 1. The summed E-state index contributed by atoms with van der Waals surface area (Å²) >= 11 is 0. The Morgan fingerprint density at radius 3 is 2.52 bits per heavy atom. The first-order chi connectivity index (χ1) is 12.2. The van der Waals surface area contributed by atoms with Gasteiger partial charge in [-0.2, -0.15) is 0 Å². The van der Waals surface area contributed by atoms with E-state index in [-0.39, 0.29) is 24.3 Å². The molecule has 1 N–H and O–H groups in total. The summed E-state index contributed by atoms with van der Waals surface area (Å²) in [5.41, 5.74) is 1.78. The van der Waals surface area contributed by atoms with Gasteiger partial charge < -0.3 is 15.0 Å². The number of benzene rings is 2. The van der Waals surface area contributed by atoms with Gasteiger partial charge in [-0.1, -0.05) is 42.5 Å². The van der Waals surface area contributed by atoms with Crippen molar-refractivity contribution in [1.29, 1.82) is 0 Å². The van der Waals surface area contributed by atoms with Crippen LogP contribution in [0, 0.1) is 5.92 Å². The van der Waals surface area contributed by atoms with Crippen LogP contribution in [0.3, 0.4) is 0 Å². The Kier molecular flexibility index (Phi) is 4.14. The van der Waals surface area contributed by atoms with Crippen LogP contribution >= 0.6 is 0 Å². The van der Waals surface area contributed by atoms with Gasteiger partial charge in [0.25, 0.3) is 5.91 Å². The van der Waals surface area contributed by atoms with Gasteiger partial charge in [0, 0.05) is 12.5 Å². The lowest BCUT2D eigenvalue weighted by atomic mass is 10.1. The van der Waals surface area contributed by atoms with Crippen molar-refractivity contribution in [1.82, 2.24) is 5.32 Å². The molecule has 1 aliphatic heterocycles. The van der Waals surface area contributed by atoms with Crippen LogP contribution in [0.1, 0.15) is 18.4 Å². The normalized spacial score (nSPS) is 18.9. The number of ether oxygens (including phenoxy) is 1. The van der Waals surface area contributed by atoms with Crippen LogP contribution in [0.15, 0.2) is 54.6 Å². The van der Waals surface area contributed by atoms with Crippen molar-refractivity contribution >= 4 is 17.5 Å². The second-order valence-electron chi connectivity index (χ2n) is 6.50. The van der Waals surface area contributed by atoms with Gasteiger partial charge in [0.05, 0.1) is 12.2 Å². The third-order valence-electron chi connectivity index (χ3n) is 4.57. The van der Waals surface area contributed by atoms with Gasteiger partial charge in [-0.25, -0.2) is 0 Å². The molecule has 2 amide bonds. The van der Waals surface area contributed by atoms with Crippen molar-refractivity contribution < 1.29 is 14.3 Å². The Balaban J connectivity index is 1.49. The molecule has 5 nitrogen and oxygen atoms in total. The quantitative estimate of drug-likeness (QED) is 0.933. The van der Waals surface area contributed by atoms with E-state index in [0.29, 0.717) is 12.3 Å². The molecule has 1 atom stereocenters. The minimum absolute atomic E-state index is 0.0941. The first-order valence-corrected chi connectivity index (χ1v) is 8.61. The maximum absolute atomic E-state index is 12.6. The maximum atomic E-state index is 12.6. The monoisotopic (exact) mass is 336 g/mol. The fraction of sp³-hybridized carbons (Fsp3) is 0.300. The lowest BCUT2D eigenvalue weighted by Crippen LogP contribution is -2.51. The average Bonchev–Trinajstić information content (AvgIpc) is 3.50. The number of fused-ring (bicyclic) bond motifs is 1. The van der Waals surface area contributed by atoms with E-state index in [0.717, 1.165) is 24.1 Å². The number of nitrogens with one attached hydrogen (secondary N) is 1. The van der Waals surface area contributed by atoms with Crippen LogP contribution in [0.4, 0.5) is 5.69 Å². The van der Waals surface area contributed by atoms with Gasteiger partial charge in [-0.05, 0) is 30.5 Å². The zero-order valence-corrected chi connectivity index (χ0v) is 13.9. The Bertz CT molecular complexity index is 787. The van der Waals surface area contributed by atoms with E-state index >= 15 is 0 Å². The fourth-order valence-electron chi connectivity index (χ4n) is 3.03. The highest BCUT2D eigenvalue weighted by Gasteiger charge is 2.39. The molecule has 0 bridgehead atoms. The lowest BCUT2D eigenvalue weighted by molar-refractivity contribution is -0.128. The highest BCUT2D eigenvalue weighted by atomic mass is 16.5. The molecule has 1 fully saturated rings. The molecule has 0 radical (unpaired) electrons. The smallest absolute Gasteiger partial charge is 0.263 e. The minimum atomic E-state index is -0.693. The van der Waals surface area contributed by atoms with E-state index < -0.39 is 6.10 Å². The molecule has 2 aromatic carbocycles. The second-order valence-corrected chi connectivity index (χ2v) is 6.50. The molecule has 2 aromatic rings. The van der Waals surface area contributed by atoms with Crippen LogP contribution in [0.5, 0.6) is 5.75 Å².